The predicted molar refractivity (Wildman–Crippen MR) is 141 cm³/mol. The van der Waals surface area contributed by atoms with E-state index in [9.17, 15) is 4.79 Å². The minimum Gasteiger partial charge on any atom is -0.353 e. The number of aromatic amines is 2. The van der Waals surface area contributed by atoms with Crippen LogP contribution < -0.4 is 5.32 Å². The van der Waals surface area contributed by atoms with E-state index in [2.05, 4.69) is 42.6 Å². The maximum Gasteiger partial charge on any atom is 0.224 e. The smallest absolute Gasteiger partial charge is 0.224 e. The lowest BCUT2D eigenvalue weighted by Gasteiger charge is -2.06. The third-order valence-corrected chi connectivity index (χ3v) is 6.06. The van der Waals surface area contributed by atoms with E-state index < -0.39 is 0 Å². The van der Waals surface area contributed by atoms with Gasteiger partial charge in [0.05, 0.1) is 34.5 Å². The summed E-state index contributed by atoms with van der Waals surface area (Å²) in [5.74, 6) is -0.0270. The van der Waals surface area contributed by atoms with Crippen molar-refractivity contribution in [1.82, 2.24) is 30.1 Å². The average Bonchev–Trinajstić information content (AvgIpc) is 3.53. The molecule has 0 saturated heterocycles. The molecule has 5 heterocycles. The van der Waals surface area contributed by atoms with Crippen LogP contribution in [0.15, 0.2) is 79.3 Å². The maximum atomic E-state index is 12.0. The molecule has 0 aliphatic heterocycles. The molecule has 5 aromatic heterocycles. The molecule has 176 valence electrons. The second-order valence-corrected chi connectivity index (χ2v) is 8.59. The second kappa shape index (κ2) is 9.07. The number of rotatable bonds is 6. The number of nitrogens with one attached hydrogen (secondary N) is 3. The molecule has 0 aliphatic carbocycles. The van der Waals surface area contributed by atoms with Gasteiger partial charge in [-0.3, -0.25) is 19.9 Å². The van der Waals surface area contributed by atoms with Crippen LogP contribution in [0.25, 0.3) is 55.8 Å². The Morgan fingerprint density at radius 3 is 2.78 bits per heavy atom. The van der Waals surface area contributed by atoms with Crippen LogP contribution in [0.2, 0.25) is 0 Å². The number of benzene rings is 1. The molecule has 3 N–H and O–H groups in total. The van der Waals surface area contributed by atoms with Crippen LogP contribution >= 0.6 is 0 Å². The zero-order valence-electron chi connectivity index (χ0n) is 19.6. The van der Waals surface area contributed by atoms with Crippen LogP contribution in [-0.4, -0.2) is 36.0 Å². The SMILES string of the molecule is CCCC(=O)Nc1cncc(-c2ccc3[nH]nc(-c4cc5c(-c6ccccn6)cccc5[nH]4)c3n2)c1. The van der Waals surface area contributed by atoms with Gasteiger partial charge in [0.25, 0.3) is 0 Å². The lowest BCUT2D eigenvalue weighted by Crippen LogP contribution is -2.10. The van der Waals surface area contributed by atoms with E-state index >= 15 is 0 Å². The van der Waals surface area contributed by atoms with Gasteiger partial charge >= 0.3 is 0 Å². The number of fused-ring (bicyclic) bond motifs is 2. The molecule has 0 atom stereocenters. The van der Waals surface area contributed by atoms with Gasteiger partial charge in [0.2, 0.25) is 5.91 Å². The summed E-state index contributed by atoms with van der Waals surface area (Å²) in [5.41, 5.74) is 8.35. The fraction of sp³-hybridized carbons (Fsp3) is 0.107. The van der Waals surface area contributed by atoms with Gasteiger partial charge < -0.3 is 10.3 Å². The Morgan fingerprint density at radius 2 is 1.92 bits per heavy atom. The molecule has 1 aromatic carbocycles. The standard InChI is InChI=1S/C28H23N7O/c1-2-6-26(36)31-18-13-17(15-29-16-18)21-10-11-24-27(33-21)28(35-34-24)25-14-20-19(7-5-9-23(20)32-25)22-8-3-4-12-30-22/h3-5,7-16,32H,2,6H2,1H3,(H,31,36)(H,34,35). The minimum atomic E-state index is -0.0270. The summed E-state index contributed by atoms with van der Waals surface area (Å²) in [6.45, 7) is 1.97. The molecule has 8 nitrogen and oxygen atoms in total. The molecule has 8 heteroatoms. The van der Waals surface area contributed by atoms with Crippen molar-refractivity contribution >= 4 is 33.5 Å². The quantitative estimate of drug-likeness (QED) is 0.276. The monoisotopic (exact) mass is 473 g/mol. The molecule has 0 saturated carbocycles. The number of carbonyl (C=O) groups is 1. The Labute approximate surface area is 206 Å². The first kappa shape index (κ1) is 21.7. The summed E-state index contributed by atoms with van der Waals surface area (Å²) in [5, 5.41) is 11.6. The van der Waals surface area contributed by atoms with Gasteiger partial charge in [0.1, 0.15) is 11.2 Å². The van der Waals surface area contributed by atoms with E-state index in [-0.39, 0.29) is 5.91 Å². The van der Waals surface area contributed by atoms with Crippen molar-refractivity contribution in [2.75, 3.05) is 5.32 Å². The Morgan fingerprint density at radius 1 is 0.972 bits per heavy atom. The summed E-state index contributed by atoms with van der Waals surface area (Å²) in [7, 11) is 0. The molecule has 6 aromatic rings. The molecule has 0 radical (unpaired) electrons. The van der Waals surface area contributed by atoms with Gasteiger partial charge in [-0.25, -0.2) is 4.98 Å². The molecular formula is C28H23N7O. The van der Waals surface area contributed by atoms with Crippen molar-refractivity contribution in [3.05, 3.63) is 79.3 Å². The van der Waals surface area contributed by atoms with Crippen molar-refractivity contribution in [3.8, 4) is 33.9 Å². The fourth-order valence-electron chi connectivity index (χ4n) is 4.37. The topological polar surface area (TPSA) is 112 Å². The molecule has 0 fully saturated rings. The second-order valence-electron chi connectivity index (χ2n) is 8.59. The minimum absolute atomic E-state index is 0.0270. The molecule has 0 spiro atoms. The van der Waals surface area contributed by atoms with Gasteiger partial charge in [-0.2, -0.15) is 5.10 Å². The van der Waals surface area contributed by atoms with Gasteiger partial charge in [0, 0.05) is 40.8 Å². The highest BCUT2D eigenvalue weighted by Gasteiger charge is 2.16. The average molecular weight is 474 g/mol. The lowest BCUT2D eigenvalue weighted by molar-refractivity contribution is -0.116. The fourth-order valence-corrected chi connectivity index (χ4v) is 4.37. The molecular weight excluding hydrogens is 450 g/mol. The zero-order valence-corrected chi connectivity index (χ0v) is 19.6. The van der Waals surface area contributed by atoms with E-state index in [1.807, 2.05) is 55.5 Å². The third kappa shape index (κ3) is 3.98. The first-order valence-electron chi connectivity index (χ1n) is 11.8. The molecule has 0 unspecified atom stereocenters. The Kier molecular flexibility index (Phi) is 5.46. The number of hydrogen-bond acceptors (Lipinski definition) is 5. The van der Waals surface area contributed by atoms with Crippen LogP contribution in [-0.2, 0) is 4.79 Å². The summed E-state index contributed by atoms with van der Waals surface area (Å²) in [6.07, 6.45) is 6.44. The number of pyridine rings is 3. The number of nitrogens with zero attached hydrogens (tertiary/aromatic N) is 4. The number of hydrogen-bond donors (Lipinski definition) is 3. The number of amides is 1. The highest BCUT2D eigenvalue weighted by molar-refractivity contribution is 6.00. The van der Waals surface area contributed by atoms with Crippen LogP contribution in [0, 0.1) is 0 Å². The van der Waals surface area contributed by atoms with Crippen molar-refractivity contribution in [1.29, 1.82) is 0 Å². The molecule has 0 bridgehead atoms. The van der Waals surface area contributed by atoms with E-state index in [0.29, 0.717) is 12.1 Å². The van der Waals surface area contributed by atoms with Crippen molar-refractivity contribution in [2.24, 2.45) is 0 Å². The summed E-state index contributed by atoms with van der Waals surface area (Å²) in [6, 6.07) is 19.9. The summed E-state index contributed by atoms with van der Waals surface area (Å²) < 4.78 is 0. The third-order valence-electron chi connectivity index (χ3n) is 6.06. The number of carbonyl (C=O) groups excluding carboxylic acids is 1. The maximum absolute atomic E-state index is 12.0. The predicted octanol–water partition coefficient (Wildman–Crippen LogP) is 5.97. The number of aromatic nitrogens is 6. The Bertz CT molecular complexity index is 1700. The van der Waals surface area contributed by atoms with Crippen molar-refractivity contribution < 1.29 is 4.79 Å². The van der Waals surface area contributed by atoms with Gasteiger partial charge in [-0.15, -0.1) is 0 Å². The molecule has 36 heavy (non-hydrogen) atoms. The normalized spacial score (nSPS) is 11.2. The largest absolute Gasteiger partial charge is 0.353 e. The lowest BCUT2D eigenvalue weighted by atomic mass is 10.1. The summed E-state index contributed by atoms with van der Waals surface area (Å²) >= 11 is 0. The van der Waals surface area contributed by atoms with E-state index in [4.69, 9.17) is 4.98 Å². The molecule has 6 rings (SSSR count). The van der Waals surface area contributed by atoms with Crippen molar-refractivity contribution in [2.45, 2.75) is 19.8 Å². The van der Waals surface area contributed by atoms with Crippen molar-refractivity contribution in [3.63, 3.8) is 0 Å². The van der Waals surface area contributed by atoms with E-state index in [1.165, 1.54) is 0 Å². The van der Waals surface area contributed by atoms with Gasteiger partial charge in [0.15, 0.2) is 0 Å². The van der Waals surface area contributed by atoms with E-state index in [1.54, 1.807) is 18.6 Å². The Hall–Kier alpha value is -4.85. The van der Waals surface area contributed by atoms with Crippen LogP contribution in [0.3, 0.4) is 0 Å². The highest BCUT2D eigenvalue weighted by Crippen LogP contribution is 2.33. The summed E-state index contributed by atoms with van der Waals surface area (Å²) in [4.78, 5) is 29.2. The first-order chi connectivity index (χ1) is 17.7. The van der Waals surface area contributed by atoms with Gasteiger partial charge in [-0.05, 0) is 48.9 Å². The first-order valence-corrected chi connectivity index (χ1v) is 11.8. The Balaban J connectivity index is 1.40. The van der Waals surface area contributed by atoms with Crippen LogP contribution in [0.1, 0.15) is 19.8 Å². The number of H-pyrrole nitrogens is 2. The zero-order chi connectivity index (χ0) is 24.5. The van der Waals surface area contributed by atoms with Gasteiger partial charge in [-0.1, -0.05) is 25.1 Å². The van der Waals surface area contributed by atoms with Crippen LogP contribution in [0.4, 0.5) is 5.69 Å². The highest BCUT2D eigenvalue weighted by atomic mass is 16.1. The molecule has 1 amide bonds. The molecule has 0 aliphatic rings. The number of anilines is 1. The van der Waals surface area contributed by atoms with E-state index in [0.717, 1.165) is 62.3 Å². The van der Waals surface area contributed by atoms with Crippen LogP contribution in [0.5, 0.6) is 0 Å².